The van der Waals surface area contributed by atoms with Crippen LogP contribution < -0.4 is 5.56 Å². The van der Waals surface area contributed by atoms with E-state index in [0.29, 0.717) is 5.56 Å². The van der Waals surface area contributed by atoms with Crippen molar-refractivity contribution in [1.82, 2.24) is 4.98 Å². The summed E-state index contributed by atoms with van der Waals surface area (Å²) in [6, 6.07) is 4.00. The third-order valence-corrected chi connectivity index (χ3v) is 3.69. The number of carboxylic acids is 1. The van der Waals surface area contributed by atoms with Crippen molar-refractivity contribution in [2.75, 3.05) is 0 Å². The first kappa shape index (κ1) is 13.3. The van der Waals surface area contributed by atoms with Gasteiger partial charge in [-0.1, -0.05) is 12.1 Å². The van der Waals surface area contributed by atoms with E-state index in [1.165, 1.54) is 0 Å². The van der Waals surface area contributed by atoms with Crippen LogP contribution in [-0.2, 0) is 11.2 Å². The molecule has 0 aliphatic carbocycles. The van der Waals surface area contributed by atoms with Crippen LogP contribution in [0, 0.1) is 20.8 Å². The molecule has 0 aliphatic rings. The van der Waals surface area contributed by atoms with Gasteiger partial charge in [-0.05, 0) is 43.9 Å². The summed E-state index contributed by atoms with van der Waals surface area (Å²) in [5.74, 6) is -0.890. The Morgan fingerprint density at radius 3 is 2.53 bits per heavy atom. The van der Waals surface area contributed by atoms with Gasteiger partial charge in [0.25, 0.3) is 5.56 Å². The molecule has 0 fully saturated rings. The summed E-state index contributed by atoms with van der Waals surface area (Å²) in [5.41, 5.74) is 4.30. The number of hydrogen-bond acceptors (Lipinski definition) is 2. The Bertz CT molecular complexity index is 713. The molecule has 2 aromatic rings. The molecule has 1 aromatic heterocycles. The smallest absolute Gasteiger partial charge is 0.303 e. The van der Waals surface area contributed by atoms with Crippen molar-refractivity contribution < 1.29 is 9.90 Å². The van der Waals surface area contributed by atoms with E-state index in [9.17, 15) is 9.59 Å². The minimum absolute atomic E-state index is 0.0275. The van der Waals surface area contributed by atoms with Crippen molar-refractivity contribution in [2.24, 2.45) is 0 Å². The van der Waals surface area contributed by atoms with Crippen molar-refractivity contribution in [2.45, 2.75) is 33.6 Å². The highest BCUT2D eigenvalue weighted by atomic mass is 16.4. The first-order valence-corrected chi connectivity index (χ1v) is 6.25. The van der Waals surface area contributed by atoms with Crippen molar-refractivity contribution in [3.63, 3.8) is 0 Å². The van der Waals surface area contributed by atoms with Gasteiger partial charge in [0.05, 0.1) is 5.52 Å². The van der Waals surface area contributed by atoms with Gasteiger partial charge in [-0.2, -0.15) is 0 Å². The predicted molar refractivity (Wildman–Crippen MR) is 74.7 cm³/mol. The number of aromatic amines is 1. The highest BCUT2D eigenvalue weighted by molar-refractivity contribution is 5.86. The van der Waals surface area contributed by atoms with E-state index in [4.69, 9.17) is 5.11 Å². The average molecular weight is 259 g/mol. The van der Waals surface area contributed by atoms with Crippen LogP contribution in [0.2, 0.25) is 0 Å². The number of H-pyrrole nitrogens is 1. The lowest BCUT2D eigenvalue weighted by atomic mass is 9.97. The fourth-order valence-electron chi connectivity index (χ4n) is 2.34. The zero-order valence-electron chi connectivity index (χ0n) is 11.3. The van der Waals surface area contributed by atoms with E-state index in [2.05, 4.69) is 4.98 Å². The number of carboxylic acid groups (broad SMARTS) is 1. The van der Waals surface area contributed by atoms with E-state index < -0.39 is 5.97 Å². The summed E-state index contributed by atoms with van der Waals surface area (Å²) in [6.45, 7) is 5.86. The number of rotatable bonds is 3. The molecule has 19 heavy (non-hydrogen) atoms. The van der Waals surface area contributed by atoms with Gasteiger partial charge in [0.1, 0.15) is 0 Å². The Labute approximate surface area is 111 Å². The summed E-state index contributed by atoms with van der Waals surface area (Å²) in [7, 11) is 0. The Morgan fingerprint density at radius 1 is 1.21 bits per heavy atom. The molecule has 0 radical (unpaired) electrons. The number of hydrogen-bond donors (Lipinski definition) is 2. The molecule has 4 nitrogen and oxygen atoms in total. The first-order chi connectivity index (χ1) is 8.91. The highest BCUT2D eigenvalue weighted by Gasteiger charge is 2.12. The lowest BCUT2D eigenvalue weighted by Crippen LogP contribution is -2.16. The fourth-order valence-corrected chi connectivity index (χ4v) is 2.34. The van der Waals surface area contributed by atoms with E-state index in [1.54, 1.807) is 0 Å². The normalized spacial score (nSPS) is 10.9. The molecular weight excluding hydrogens is 242 g/mol. The molecule has 0 unspecified atom stereocenters. The Balaban J connectivity index is 2.66. The van der Waals surface area contributed by atoms with Crippen LogP contribution in [0.15, 0.2) is 16.9 Å². The topological polar surface area (TPSA) is 70.2 Å². The third kappa shape index (κ3) is 2.38. The van der Waals surface area contributed by atoms with Crippen LogP contribution in [0.4, 0.5) is 0 Å². The Morgan fingerprint density at radius 2 is 1.89 bits per heavy atom. The summed E-state index contributed by atoms with van der Waals surface area (Å²) in [4.78, 5) is 25.6. The molecule has 2 rings (SSSR count). The van der Waals surface area contributed by atoms with Gasteiger partial charge >= 0.3 is 5.97 Å². The van der Waals surface area contributed by atoms with Gasteiger partial charge in [0, 0.05) is 17.4 Å². The summed E-state index contributed by atoms with van der Waals surface area (Å²) in [6.07, 6.45) is 0.236. The van der Waals surface area contributed by atoms with Crippen LogP contribution >= 0.6 is 0 Å². The molecule has 0 aliphatic heterocycles. The fraction of sp³-hybridized carbons (Fsp3) is 0.333. The quantitative estimate of drug-likeness (QED) is 0.889. The van der Waals surface area contributed by atoms with E-state index >= 15 is 0 Å². The number of carbonyl (C=O) groups is 1. The SMILES string of the molecule is Cc1ccc2c(C)c(CCC(=O)O)c(=O)[nH]c2c1C. The molecule has 4 heteroatoms. The second-order valence-electron chi connectivity index (χ2n) is 4.88. The number of fused-ring (bicyclic) bond motifs is 1. The Hall–Kier alpha value is -2.10. The largest absolute Gasteiger partial charge is 0.481 e. The summed E-state index contributed by atoms with van der Waals surface area (Å²) in [5, 5.41) is 9.73. The number of aliphatic carboxylic acids is 1. The van der Waals surface area contributed by atoms with Gasteiger partial charge in [-0.15, -0.1) is 0 Å². The summed E-state index contributed by atoms with van der Waals surface area (Å²) >= 11 is 0. The maximum Gasteiger partial charge on any atom is 0.303 e. The van der Waals surface area contributed by atoms with Gasteiger partial charge < -0.3 is 10.1 Å². The maximum atomic E-state index is 12.1. The van der Waals surface area contributed by atoms with Crippen LogP contribution in [0.25, 0.3) is 10.9 Å². The molecular formula is C15H17NO3. The zero-order valence-corrected chi connectivity index (χ0v) is 11.3. The van der Waals surface area contributed by atoms with Crippen molar-refractivity contribution in [3.05, 3.63) is 44.7 Å². The van der Waals surface area contributed by atoms with Gasteiger partial charge in [-0.3, -0.25) is 9.59 Å². The molecule has 0 saturated carbocycles. The van der Waals surface area contributed by atoms with E-state index in [0.717, 1.165) is 27.6 Å². The van der Waals surface area contributed by atoms with Crippen LogP contribution in [-0.4, -0.2) is 16.1 Å². The zero-order chi connectivity index (χ0) is 14.2. The molecule has 0 atom stereocenters. The third-order valence-electron chi connectivity index (χ3n) is 3.69. The minimum Gasteiger partial charge on any atom is -0.481 e. The number of nitrogens with one attached hydrogen (secondary N) is 1. The number of pyridine rings is 1. The Kier molecular flexibility index (Phi) is 3.42. The van der Waals surface area contributed by atoms with Crippen molar-refractivity contribution >= 4 is 16.9 Å². The monoisotopic (exact) mass is 259 g/mol. The van der Waals surface area contributed by atoms with Gasteiger partial charge in [0.15, 0.2) is 0 Å². The molecule has 0 amide bonds. The highest BCUT2D eigenvalue weighted by Crippen LogP contribution is 2.23. The van der Waals surface area contributed by atoms with Gasteiger partial charge in [0.2, 0.25) is 0 Å². The van der Waals surface area contributed by atoms with Gasteiger partial charge in [-0.25, -0.2) is 0 Å². The van der Waals surface area contributed by atoms with Crippen LogP contribution in [0.1, 0.15) is 28.7 Å². The predicted octanol–water partition coefficient (Wildman–Crippen LogP) is 2.47. The lowest BCUT2D eigenvalue weighted by Gasteiger charge is -2.11. The van der Waals surface area contributed by atoms with Crippen LogP contribution in [0.5, 0.6) is 0 Å². The molecule has 0 bridgehead atoms. The van der Waals surface area contributed by atoms with Crippen molar-refractivity contribution in [1.29, 1.82) is 0 Å². The molecule has 1 aromatic carbocycles. The van der Waals surface area contributed by atoms with Crippen LogP contribution in [0.3, 0.4) is 0 Å². The number of aromatic nitrogens is 1. The minimum atomic E-state index is -0.890. The molecule has 0 saturated heterocycles. The second kappa shape index (κ2) is 4.88. The van der Waals surface area contributed by atoms with E-state index in [-0.39, 0.29) is 18.4 Å². The summed E-state index contributed by atoms with van der Waals surface area (Å²) < 4.78 is 0. The van der Waals surface area contributed by atoms with Crippen molar-refractivity contribution in [3.8, 4) is 0 Å². The lowest BCUT2D eigenvalue weighted by molar-refractivity contribution is -0.136. The number of aryl methyl sites for hydroxylation is 3. The first-order valence-electron chi connectivity index (χ1n) is 6.25. The molecule has 2 N–H and O–H groups in total. The standard InChI is InChI=1S/C15H17NO3/c1-8-4-5-11-10(3)12(6-7-13(17)18)15(19)16-14(11)9(8)2/h4-5H,6-7H2,1-3H3,(H,16,19)(H,17,18). The van der Waals surface area contributed by atoms with E-state index in [1.807, 2.05) is 32.9 Å². The molecule has 0 spiro atoms. The average Bonchev–Trinajstić information content (AvgIpc) is 2.34. The maximum absolute atomic E-state index is 12.1. The second-order valence-corrected chi connectivity index (χ2v) is 4.88. The molecule has 100 valence electrons. The number of benzene rings is 1. The molecule has 1 heterocycles.